The molecule has 1 aliphatic rings. The Labute approximate surface area is 168 Å². The lowest BCUT2D eigenvalue weighted by atomic mass is 10.0. The molecule has 1 aliphatic carbocycles. The van der Waals surface area contributed by atoms with Crippen molar-refractivity contribution in [2.75, 3.05) is 5.32 Å². The van der Waals surface area contributed by atoms with E-state index in [1.54, 1.807) is 4.90 Å². The molecule has 0 spiro atoms. The molecule has 7 heteroatoms. The molecule has 1 amide bonds. The van der Waals surface area contributed by atoms with Gasteiger partial charge in [0.25, 0.3) is 5.91 Å². The van der Waals surface area contributed by atoms with Crippen LogP contribution in [0.2, 0.25) is 0 Å². The molecular formula is C22H24FN5O. The van der Waals surface area contributed by atoms with Gasteiger partial charge in [0.15, 0.2) is 5.82 Å². The van der Waals surface area contributed by atoms with Crippen LogP contribution in [0.3, 0.4) is 0 Å². The third-order valence-corrected chi connectivity index (χ3v) is 5.41. The summed E-state index contributed by atoms with van der Waals surface area (Å²) in [6.45, 7) is 10.00. The smallest absolute Gasteiger partial charge is 0.258 e. The number of carbonyl (C=O) groups excluding carboxylic acids is 1. The van der Waals surface area contributed by atoms with Gasteiger partial charge in [0.1, 0.15) is 17.8 Å². The minimum absolute atomic E-state index is 0.0394. The van der Waals surface area contributed by atoms with Crippen LogP contribution in [-0.4, -0.2) is 37.8 Å². The molecule has 0 bridgehead atoms. The normalized spacial score (nSPS) is 14.6. The number of rotatable bonds is 6. The predicted molar refractivity (Wildman–Crippen MR) is 111 cm³/mol. The number of aromatic nitrogens is 3. The number of anilines is 1. The number of nitrogens with zero attached hydrogens (tertiary/aromatic N) is 3. The van der Waals surface area contributed by atoms with Gasteiger partial charge < -0.3 is 15.2 Å². The van der Waals surface area contributed by atoms with Crippen LogP contribution in [0, 0.1) is 19.7 Å². The summed E-state index contributed by atoms with van der Waals surface area (Å²) in [5.41, 5.74) is 3.67. The Morgan fingerprint density at radius 3 is 2.66 bits per heavy atom. The number of carbonyl (C=O) groups is 1. The van der Waals surface area contributed by atoms with E-state index < -0.39 is 5.82 Å². The van der Waals surface area contributed by atoms with Gasteiger partial charge in [-0.1, -0.05) is 24.8 Å². The van der Waals surface area contributed by atoms with Crippen LogP contribution in [0.1, 0.15) is 41.3 Å². The standard InChI is InChI=1S/C22H24FN5O/c1-12-6-5-7-13(2)18(12)22(29)28(16-8-9-16)15(4)14(3)27-21-19-17(23)10-24-20(19)25-11-26-21/h5-7,10-11,14,16H,4,8-9H2,1-3H3,(H2,24,25,26,27)/t14-/m0/s1. The molecule has 3 aromatic rings. The third kappa shape index (κ3) is 3.48. The molecule has 1 atom stereocenters. The van der Waals surface area contributed by atoms with Crippen molar-refractivity contribution < 1.29 is 9.18 Å². The van der Waals surface area contributed by atoms with E-state index in [2.05, 4.69) is 26.8 Å². The van der Waals surface area contributed by atoms with Gasteiger partial charge in [-0.05, 0) is 44.7 Å². The maximum Gasteiger partial charge on any atom is 0.258 e. The van der Waals surface area contributed by atoms with Crippen LogP contribution in [0.25, 0.3) is 11.0 Å². The summed E-state index contributed by atoms with van der Waals surface area (Å²) in [7, 11) is 0. The molecule has 29 heavy (non-hydrogen) atoms. The van der Waals surface area contributed by atoms with Crippen molar-refractivity contribution in [2.45, 2.75) is 45.7 Å². The van der Waals surface area contributed by atoms with Crippen molar-refractivity contribution in [3.8, 4) is 0 Å². The fourth-order valence-electron chi connectivity index (χ4n) is 3.67. The summed E-state index contributed by atoms with van der Waals surface area (Å²) in [6, 6.07) is 5.67. The van der Waals surface area contributed by atoms with E-state index in [1.165, 1.54) is 12.5 Å². The Morgan fingerprint density at radius 1 is 1.31 bits per heavy atom. The second-order valence-corrected chi connectivity index (χ2v) is 7.61. The van der Waals surface area contributed by atoms with E-state index in [4.69, 9.17) is 0 Å². The van der Waals surface area contributed by atoms with E-state index in [-0.39, 0.29) is 18.0 Å². The van der Waals surface area contributed by atoms with Gasteiger partial charge in [-0.15, -0.1) is 0 Å². The highest BCUT2D eigenvalue weighted by atomic mass is 19.1. The van der Waals surface area contributed by atoms with E-state index in [0.29, 0.717) is 28.1 Å². The largest absolute Gasteiger partial charge is 0.361 e. The number of benzene rings is 1. The van der Waals surface area contributed by atoms with E-state index in [0.717, 1.165) is 24.0 Å². The summed E-state index contributed by atoms with van der Waals surface area (Å²) in [5, 5.41) is 3.50. The molecule has 6 nitrogen and oxygen atoms in total. The Kier molecular flexibility index (Phi) is 4.82. The number of fused-ring (bicyclic) bond motifs is 1. The molecule has 1 saturated carbocycles. The summed E-state index contributed by atoms with van der Waals surface area (Å²) in [4.78, 5) is 26.2. The second kappa shape index (κ2) is 7.31. The Morgan fingerprint density at radius 2 is 2.00 bits per heavy atom. The van der Waals surface area contributed by atoms with Crippen LogP contribution < -0.4 is 5.32 Å². The Balaban J connectivity index is 1.62. The average molecular weight is 393 g/mol. The minimum Gasteiger partial charge on any atom is -0.361 e. The molecule has 2 aromatic heterocycles. The van der Waals surface area contributed by atoms with E-state index in [9.17, 15) is 9.18 Å². The molecule has 0 unspecified atom stereocenters. The van der Waals surface area contributed by atoms with Crippen molar-refractivity contribution in [3.05, 3.63) is 65.5 Å². The van der Waals surface area contributed by atoms with Gasteiger partial charge in [0.2, 0.25) is 0 Å². The molecule has 1 fully saturated rings. The topological polar surface area (TPSA) is 73.9 Å². The Bertz CT molecular complexity index is 1080. The van der Waals surface area contributed by atoms with E-state index in [1.807, 2.05) is 39.0 Å². The third-order valence-electron chi connectivity index (χ3n) is 5.41. The first-order valence-electron chi connectivity index (χ1n) is 9.71. The van der Waals surface area contributed by atoms with Crippen LogP contribution >= 0.6 is 0 Å². The number of hydrogen-bond donors (Lipinski definition) is 2. The van der Waals surface area contributed by atoms with Gasteiger partial charge in [0.05, 0.1) is 11.4 Å². The number of H-pyrrole nitrogens is 1. The number of aromatic amines is 1. The van der Waals surface area contributed by atoms with Crippen LogP contribution in [0.5, 0.6) is 0 Å². The molecule has 4 rings (SSSR count). The molecule has 2 heterocycles. The number of amides is 1. The number of nitrogens with one attached hydrogen (secondary N) is 2. The molecule has 1 aromatic carbocycles. The average Bonchev–Trinajstić information content (AvgIpc) is 3.44. The lowest BCUT2D eigenvalue weighted by Gasteiger charge is -2.30. The zero-order valence-corrected chi connectivity index (χ0v) is 16.8. The van der Waals surface area contributed by atoms with Gasteiger partial charge in [-0.3, -0.25) is 4.79 Å². The first-order chi connectivity index (χ1) is 13.9. The van der Waals surface area contributed by atoms with Crippen LogP contribution in [0.15, 0.2) is 43.0 Å². The number of aryl methyl sites for hydroxylation is 2. The number of hydrogen-bond acceptors (Lipinski definition) is 4. The lowest BCUT2D eigenvalue weighted by molar-refractivity contribution is 0.0789. The minimum atomic E-state index is -0.424. The van der Waals surface area contributed by atoms with E-state index >= 15 is 0 Å². The highest BCUT2D eigenvalue weighted by Crippen LogP contribution is 2.34. The summed E-state index contributed by atoms with van der Waals surface area (Å²) in [6.07, 6.45) is 4.53. The van der Waals surface area contributed by atoms with Crippen LogP contribution in [-0.2, 0) is 0 Å². The summed E-state index contributed by atoms with van der Waals surface area (Å²) < 4.78 is 14.2. The summed E-state index contributed by atoms with van der Waals surface area (Å²) in [5.74, 6) is -0.0911. The molecule has 2 N–H and O–H groups in total. The maximum atomic E-state index is 14.2. The van der Waals surface area contributed by atoms with Gasteiger partial charge in [-0.25, -0.2) is 14.4 Å². The van der Waals surface area contributed by atoms with Crippen molar-refractivity contribution in [2.24, 2.45) is 0 Å². The first-order valence-corrected chi connectivity index (χ1v) is 9.71. The fraction of sp³-hybridized carbons (Fsp3) is 0.318. The summed E-state index contributed by atoms with van der Waals surface area (Å²) >= 11 is 0. The SMILES string of the molecule is C=C([C@H](C)Nc1ncnc2[nH]cc(F)c12)N(C(=O)c1c(C)cccc1C)C1CC1. The van der Waals surface area contributed by atoms with Crippen LogP contribution in [0.4, 0.5) is 10.2 Å². The van der Waals surface area contributed by atoms with Gasteiger partial charge in [-0.2, -0.15) is 0 Å². The quantitative estimate of drug-likeness (QED) is 0.654. The highest BCUT2D eigenvalue weighted by molar-refractivity contribution is 5.98. The van der Waals surface area contributed by atoms with Gasteiger partial charge in [0, 0.05) is 23.5 Å². The molecule has 0 aliphatic heterocycles. The zero-order chi connectivity index (χ0) is 20.7. The van der Waals surface area contributed by atoms with Crippen molar-refractivity contribution >= 4 is 22.8 Å². The monoisotopic (exact) mass is 393 g/mol. The first kappa shape index (κ1) is 19.1. The van der Waals surface area contributed by atoms with Crippen molar-refractivity contribution in [1.29, 1.82) is 0 Å². The molecule has 0 radical (unpaired) electrons. The number of halogens is 1. The highest BCUT2D eigenvalue weighted by Gasteiger charge is 2.37. The Hall–Kier alpha value is -3.22. The van der Waals surface area contributed by atoms with Crippen molar-refractivity contribution in [1.82, 2.24) is 19.9 Å². The molecule has 150 valence electrons. The van der Waals surface area contributed by atoms with Gasteiger partial charge >= 0.3 is 0 Å². The predicted octanol–water partition coefficient (Wildman–Crippen LogP) is 4.33. The zero-order valence-electron chi connectivity index (χ0n) is 16.8. The molecular weight excluding hydrogens is 369 g/mol. The fourth-order valence-corrected chi connectivity index (χ4v) is 3.67. The molecule has 0 saturated heterocycles. The lowest BCUT2D eigenvalue weighted by Crippen LogP contribution is -2.39. The van der Waals surface area contributed by atoms with Crippen molar-refractivity contribution in [3.63, 3.8) is 0 Å². The second-order valence-electron chi connectivity index (χ2n) is 7.61. The maximum absolute atomic E-state index is 14.2.